The molecular formula is C28H36N4O2. The third kappa shape index (κ3) is 3.95. The quantitative estimate of drug-likeness (QED) is 0.679. The van der Waals surface area contributed by atoms with Gasteiger partial charge in [-0.2, -0.15) is 0 Å². The maximum atomic E-state index is 13.6. The second-order valence-electron chi connectivity index (χ2n) is 10.8. The van der Waals surface area contributed by atoms with Crippen LogP contribution >= 0.6 is 0 Å². The number of carbonyl (C=O) groups excluding carboxylic acids is 2. The smallest absolute Gasteiger partial charge is 0.254 e. The Kier molecular flexibility index (Phi) is 5.92. The molecule has 2 aliphatic heterocycles. The number of fused-ring (bicyclic) bond motifs is 3. The minimum Gasteiger partial charge on any atom is -0.338 e. The van der Waals surface area contributed by atoms with Gasteiger partial charge in [0.05, 0.1) is 0 Å². The maximum absolute atomic E-state index is 13.6. The summed E-state index contributed by atoms with van der Waals surface area (Å²) >= 11 is 0. The number of amides is 2. The van der Waals surface area contributed by atoms with Crippen molar-refractivity contribution in [1.29, 1.82) is 0 Å². The molecule has 2 fully saturated rings. The van der Waals surface area contributed by atoms with Crippen LogP contribution in [0.25, 0.3) is 0 Å². The van der Waals surface area contributed by atoms with Crippen molar-refractivity contribution in [3.05, 3.63) is 53.1 Å². The van der Waals surface area contributed by atoms with Crippen molar-refractivity contribution < 1.29 is 9.59 Å². The van der Waals surface area contributed by atoms with Crippen molar-refractivity contribution in [2.75, 3.05) is 19.6 Å². The molecule has 0 N–H and O–H groups in total. The fourth-order valence-electron chi connectivity index (χ4n) is 7.20. The number of hydrogen-bond donors (Lipinski definition) is 0. The van der Waals surface area contributed by atoms with Crippen LogP contribution in [0.15, 0.2) is 30.6 Å². The second kappa shape index (κ2) is 9.20. The molecule has 0 bridgehead atoms. The minimum atomic E-state index is 0.125. The third-order valence-corrected chi connectivity index (χ3v) is 9.01. The zero-order chi connectivity index (χ0) is 23.1. The summed E-state index contributed by atoms with van der Waals surface area (Å²) in [6, 6.07) is 6.10. The zero-order valence-electron chi connectivity index (χ0n) is 20.1. The number of hydrogen-bond acceptors (Lipinski definition) is 3. The highest BCUT2D eigenvalue weighted by molar-refractivity contribution is 5.96. The standard InChI is InChI=1S/C28H36N4O2/c33-27(31-15-12-26-29-13-16-30(26)17-18-31)25-10-4-7-21-19-32(14-11-23(21)25)28(34)24-9-3-6-20-5-1-2-8-22(20)24/h4,7,10,13,16,20,22,24H,1-3,5-6,8-9,11-12,14-15,17-19H2. The number of nitrogens with zero attached hydrogens (tertiary/aromatic N) is 4. The van der Waals surface area contributed by atoms with E-state index in [0.29, 0.717) is 31.5 Å². The largest absolute Gasteiger partial charge is 0.338 e. The van der Waals surface area contributed by atoms with E-state index in [1.165, 1.54) is 38.5 Å². The van der Waals surface area contributed by atoms with Crippen molar-refractivity contribution >= 4 is 11.8 Å². The molecule has 34 heavy (non-hydrogen) atoms. The molecule has 3 atom stereocenters. The topological polar surface area (TPSA) is 58.4 Å². The summed E-state index contributed by atoms with van der Waals surface area (Å²) in [4.78, 5) is 35.7. The van der Waals surface area contributed by atoms with E-state index in [4.69, 9.17) is 0 Å². The lowest BCUT2D eigenvalue weighted by Gasteiger charge is -2.43. The van der Waals surface area contributed by atoms with Gasteiger partial charge in [0.1, 0.15) is 5.82 Å². The average Bonchev–Trinajstić information content (AvgIpc) is 3.24. The van der Waals surface area contributed by atoms with E-state index in [1.54, 1.807) is 0 Å². The Morgan fingerprint density at radius 3 is 2.68 bits per heavy atom. The summed E-state index contributed by atoms with van der Waals surface area (Å²) < 4.78 is 2.15. The van der Waals surface area contributed by atoms with Gasteiger partial charge in [0.15, 0.2) is 0 Å². The Bertz CT molecular complexity index is 1050. The van der Waals surface area contributed by atoms with Gasteiger partial charge in [0, 0.05) is 63.0 Å². The van der Waals surface area contributed by atoms with E-state index in [0.717, 1.165) is 60.8 Å². The van der Waals surface area contributed by atoms with E-state index in [2.05, 4.69) is 20.5 Å². The van der Waals surface area contributed by atoms with Gasteiger partial charge in [-0.25, -0.2) is 4.98 Å². The molecule has 2 saturated carbocycles. The maximum Gasteiger partial charge on any atom is 0.254 e. The van der Waals surface area contributed by atoms with Gasteiger partial charge in [-0.1, -0.05) is 44.2 Å². The van der Waals surface area contributed by atoms with E-state index < -0.39 is 0 Å². The summed E-state index contributed by atoms with van der Waals surface area (Å²) in [5, 5.41) is 0. The van der Waals surface area contributed by atoms with Gasteiger partial charge < -0.3 is 14.4 Å². The normalized spacial score (nSPS) is 26.8. The number of carbonyl (C=O) groups is 2. The Labute approximate surface area is 202 Å². The molecule has 3 heterocycles. The Morgan fingerprint density at radius 1 is 0.882 bits per heavy atom. The highest BCUT2D eigenvalue weighted by Crippen LogP contribution is 2.44. The summed E-state index contributed by atoms with van der Waals surface area (Å²) in [5.74, 6) is 3.14. The molecule has 2 aromatic rings. The van der Waals surface area contributed by atoms with Crippen LogP contribution in [0.4, 0.5) is 0 Å². The van der Waals surface area contributed by atoms with Crippen molar-refractivity contribution in [2.45, 2.75) is 70.9 Å². The number of imidazole rings is 1. The second-order valence-corrected chi connectivity index (χ2v) is 10.8. The van der Waals surface area contributed by atoms with Gasteiger partial charge in [0.25, 0.3) is 5.91 Å². The van der Waals surface area contributed by atoms with Crippen molar-refractivity contribution in [2.24, 2.45) is 17.8 Å². The highest BCUT2D eigenvalue weighted by Gasteiger charge is 2.40. The average molecular weight is 461 g/mol. The molecule has 1 aromatic heterocycles. The molecule has 6 heteroatoms. The first-order valence-electron chi connectivity index (χ1n) is 13.4. The minimum absolute atomic E-state index is 0.125. The van der Waals surface area contributed by atoms with Gasteiger partial charge in [-0.3, -0.25) is 9.59 Å². The predicted molar refractivity (Wildman–Crippen MR) is 130 cm³/mol. The van der Waals surface area contributed by atoms with E-state index >= 15 is 0 Å². The van der Waals surface area contributed by atoms with Gasteiger partial charge in [0.2, 0.25) is 5.91 Å². The van der Waals surface area contributed by atoms with Crippen LogP contribution in [0.3, 0.4) is 0 Å². The molecule has 2 aliphatic carbocycles. The van der Waals surface area contributed by atoms with Gasteiger partial charge in [-0.05, 0) is 48.3 Å². The number of benzene rings is 1. The third-order valence-electron chi connectivity index (χ3n) is 9.01. The summed E-state index contributed by atoms with van der Waals surface area (Å²) in [5.41, 5.74) is 3.14. The van der Waals surface area contributed by atoms with E-state index in [9.17, 15) is 9.59 Å². The monoisotopic (exact) mass is 460 g/mol. The van der Waals surface area contributed by atoms with E-state index in [-0.39, 0.29) is 11.8 Å². The summed E-state index contributed by atoms with van der Waals surface area (Å²) in [6.07, 6.45) is 14.2. The summed E-state index contributed by atoms with van der Waals surface area (Å²) in [7, 11) is 0. The lowest BCUT2D eigenvalue weighted by Crippen LogP contribution is -2.45. The van der Waals surface area contributed by atoms with Crippen LogP contribution < -0.4 is 0 Å². The Morgan fingerprint density at radius 2 is 1.74 bits per heavy atom. The first-order valence-corrected chi connectivity index (χ1v) is 13.4. The molecule has 0 spiro atoms. The molecule has 0 radical (unpaired) electrons. The molecule has 0 saturated heterocycles. The van der Waals surface area contributed by atoms with Gasteiger partial charge >= 0.3 is 0 Å². The van der Waals surface area contributed by atoms with Crippen LogP contribution in [0.5, 0.6) is 0 Å². The number of aromatic nitrogens is 2. The Balaban J connectivity index is 1.17. The predicted octanol–water partition coefficient (Wildman–Crippen LogP) is 4.07. The molecule has 6 rings (SSSR count). The molecule has 2 amide bonds. The van der Waals surface area contributed by atoms with E-state index in [1.807, 2.05) is 29.4 Å². The first-order chi connectivity index (χ1) is 16.7. The molecule has 3 unspecified atom stereocenters. The Hall–Kier alpha value is -2.63. The fourth-order valence-corrected chi connectivity index (χ4v) is 7.20. The highest BCUT2D eigenvalue weighted by atomic mass is 16.2. The van der Waals surface area contributed by atoms with Crippen LogP contribution in [0.2, 0.25) is 0 Å². The summed E-state index contributed by atoms with van der Waals surface area (Å²) in [6.45, 7) is 3.59. The van der Waals surface area contributed by atoms with Gasteiger partial charge in [-0.15, -0.1) is 0 Å². The van der Waals surface area contributed by atoms with Crippen LogP contribution in [-0.4, -0.2) is 50.8 Å². The van der Waals surface area contributed by atoms with Crippen molar-refractivity contribution in [1.82, 2.24) is 19.4 Å². The van der Waals surface area contributed by atoms with Crippen LogP contribution in [-0.2, 0) is 30.7 Å². The molecule has 6 nitrogen and oxygen atoms in total. The van der Waals surface area contributed by atoms with Crippen LogP contribution in [0.1, 0.15) is 72.3 Å². The SMILES string of the molecule is O=C(c1cccc2c1CCN(C(=O)C1CCCC3CCCCC31)C2)N1CCc2nccn2CC1. The molecule has 4 aliphatic rings. The lowest BCUT2D eigenvalue weighted by atomic mass is 9.65. The van der Waals surface area contributed by atoms with Crippen molar-refractivity contribution in [3.8, 4) is 0 Å². The molecular weight excluding hydrogens is 424 g/mol. The lowest BCUT2D eigenvalue weighted by molar-refractivity contribution is -0.141. The first kappa shape index (κ1) is 21.9. The molecule has 180 valence electrons. The zero-order valence-corrected chi connectivity index (χ0v) is 20.1. The number of rotatable bonds is 2. The van der Waals surface area contributed by atoms with Crippen molar-refractivity contribution in [3.63, 3.8) is 0 Å². The molecule has 1 aromatic carbocycles. The van der Waals surface area contributed by atoms with Crippen LogP contribution in [0, 0.1) is 17.8 Å². The fraction of sp³-hybridized carbons (Fsp3) is 0.607.